The molecule has 1 aliphatic carbocycles. The van der Waals surface area contributed by atoms with Crippen LogP contribution in [0.25, 0.3) is 5.57 Å². The highest BCUT2D eigenvalue weighted by atomic mass is 79.9. The number of piperidine rings is 1. The largest absolute Gasteiger partial charge is 0.447 e. The van der Waals surface area contributed by atoms with Crippen molar-refractivity contribution < 1.29 is 9.53 Å². The van der Waals surface area contributed by atoms with Crippen molar-refractivity contribution in [2.45, 2.75) is 36.9 Å². The van der Waals surface area contributed by atoms with Crippen LogP contribution < -0.4 is 0 Å². The van der Waals surface area contributed by atoms with E-state index in [1.165, 1.54) is 12.8 Å². The molecule has 118 valence electrons. The number of esters is 1. The average Bonchev–Trinajstić information content (AvgIpc) is 2.97. The normalized spacial score (nSPS) is 34.8. The Morgan fingerprint density at radius 3 is 2.74 bits per heavy atom. The van der Waals surface area contributed by atoms with Gasteiger partial charge >= 0.3 is 5.97 Å². The van der Waals surface area contributed by atoms with E-state index in [9.17, 15) is 4.79 Å². The summed E-state index contributed by atoms with van der Waals surface area (Å²) in [6, 6.07) is 6.80. The Morgan fingerprint density at radius 2 is 1.96 bits per heavy atom. The first-order valence-corrected chi connectivity index (χ1v) is 9.58. The number of nitrogens with zero attached hydrogens (tertiary/aromatic N) is 1. The van der Waals surface area contributed by atoms with Gasteiger partial charge in [-0.15, -0.1) is 0 Å². The number of rotatable bonds is 1. The van der Waals surface area contributed by atoms with E-state index in [1.54, 1.807) is 6.08 Å². The molecular weight excluding hydrogens is 422 g/mol. The molecule has 0 radical (unpaired) electrons. The van der Waals surface area contributed by atoms with Crippen LogP contribution in [0.5, 0.6) is 0 Å². The van der Waals surface area contributed by atoms with E-state index in [-0.39, 0.29) is 12.0 Å². The maximum atomic E-state index is 12.1. The highest BCUT2D eigenvalue weighted by Crippen LogP contribution is 2.59. The van der Waals surface area contributed by atoms with Crippen LogP contribution in [0.15, 0.2) is 44.9 Å². The summed E-state index contributed by atoms with van der Waals surface area (Å²) in [5.74, 6) is -0.185. The van der Waals surface area contributed by atoms with Gasteiger partial charge in [-0.1, -0.05) is 44.4 Å². The Bertz CT molecular complexity index is 780. The molecule has 1 spiro atoms. The van der Waals surface area contributed by atoms with Crippen molar-refractivity contribution >= 4 is 43.4 Å². The first-order valence-electron chi connectivity index (χ1n) is 7.99. The molecule has 23 heavy (non-hydrogen) atoms. The van der Waals surface area contributed by atoms with E-state index in [2.05, 4.69) is 55.0 Å². The lowest BCUT2D eigenvalue weighted by Crippen LogP contribution is -2.76. The number of hydrogen-bond donors (Lipinski definition) is 0. The lowest BCUT2D eigenvalue weighted by atomic mass is 9.70. The monoisotopic (exact) mass is 435 g/mol. The van der Waals surface area contributed by atoms with Gasteiger partial charge in [0, 0.05) is 20.6 Å². The van der Waals surface area contributed by atoms with E-state index in [0.29, 0.717) is 6.04 Å². The quantitative estimate of drug-likeness (QED) is 0.621. The molecule has 0 N–H and O–H groups in total. The smallest absolute Gasteiger partial charge is 0.332 e. The zero-order valence-corrected chi connectivity index (χ0v) is 15.6. The average molecular weight is 437 g/mol. The summed E-state index contributed by atoms with van der Waals surface area (Å²) in [6.07, 6.45) is 7.59. The fourth-order valence-electron chi connectivity index (χ4n) is 4.77. The molecule has 0 amide bonds. The minimum atomic E-state index is -0.415. The van der Waals surface area contributed by atoms with Crippen LogP contribution in [0.2, 0.25) is 0 Å². The number of benzene rings is 1. The third-order valence-corrected chi connectivity index (χ3v) is 6.49. The molecule has 1 unspecified atom stereocenters. The van der Waals surface area contributed by atoms with Crippen molar-refractivity contribution in [3.05, 3.63) is 50.4 Å². The number of ether oxygens (including phenoxy) is 1. The third-order valence-electron chi connectivity index (χ3n) is 5.58. The molecule has 5 heteroatoms. The van der Waals surface area contributed by atoms with Gasteiger partial charge in [-0.2, -0.15) is 0 Å². The van der Waals surface area contributed by atoms with Gasteiger partial charge in [0.05, 0.1) is 12.1 Å². The molecule has 2 saturated heterocycles. The van der Waals surface area contributed by atoms with Crippen LogP contribution in [-0.4, -0.2) is 35.1 Å². The van der Waals surface area contributed by atoms with Gasteiger partial charge in [-0.25, -0.2) is 4.79 Å². The van der Waals surface area contributed by atoms with Gasteiger partial charge in [0.2, 0.25) is 0 Å². The third kappa shape index (κ3) is 1.81. The van der Waals surface area contributed by atoms with Crippen molar-refractivity contribution in [1.82, 2.24) is 4.90 Å². The minimum Gasteiger partial charge on any atom is -0.447 e. The predicted octanol–water partition coefficient (Wildman–Crippen LogP) is 4.07. The van der Waals surface area contributed by atoms with E-state index < -0.39 is 5.60 Å². The summed E-state index contributed by atoms with van der Waals surface area (Å²) in [5, 5.41) is 0. The van der Waals surface area contributed by atoms with Crippen molar-refractivity contribution in [1.29, 1.82) is 0 Å². The number of halogens is 2. The van der Waals surface area contributed by atoms with E-state index in [4.69, 9.17) is 4.74 Å². The van der Waals surface area contributed by atoms with Gasteiger partial charge in [-0.05, 0) is 48.7 Å². The molecule has 0 bridgehead atoms. The minimum absolute atomic E-state index is 0.185. The van der Waals surface area contributed by atoms with Crippen LogP contribution in [0.1, 0.15) is 24.8 Å². The number of fused-ring (bicyclic) bond motifs is 2. The van der Waals surface area contributed by atoms with Gasteiger partial charge in [-0.3, -0.25) is 4.90 Å². The van der Waals surface area contributed by atoms with Gasteiger partial charge in [0.25, 0.3) is 0 Å². The molecule has 1 aromatic rings. The fraction of sp³-hybridized carbons (Fsp3) is 0.389. The van der Waals surface area contributed by atoms with Gasteiger partial charge < -0.3 is 4.74 Å². The Labute approximate surface area is 151 Å². The fourth-order valence-corrected chi connectivity index (χ4v) is 6.07. The highest BCUT2D eigenvalue weighted by Gasteiger charge is 2.69. The maximum Gasteiger partial charge on any atom is 0.332 e. The van der Waals surface area contributed by atoms with Crippen LogP contribution in [0.3, 0.4) is 0 Å². The first-order chi connectivity index (χ1) is 11.1. The Morgan fingerprint density at radius 1 is 1.17 bits per heavy atom. The summed E-state index contributed by atoms with van der Waals surface area (Å²) in [7, 11) is 0. The molecule has 3 nitrogen and oxygen atoms in total. The van der Waals surface area contributed by atoms with Crippen molar-refractivity contribution in [3.8, 4) is 0 Å². The topological polar surface area (TPSA) is 29.5 Å². The van der Waals surface area contributed by atoms with Gasteiger partial charge in [0.15, 0.2) is 5.60 Å². The molecule has 1 aromatic carbocycles. The Kier molecular flexibility index (Phi) is 3.02. The second kappa shape index (κ2) is 4.80. The van der Waals surface area contributed by atoms with Crippen LogP contribution in [0.4, 0.5) is 0 Å². The molecule has 3 heterocycles. The second-order valence-electron chi connectivity index (χ2n) is 6.70. The molecule has 3 atom stereocenters. The van der Waals surface area contributed by atoms with Crippen molar-refractivity contribution in [3.63, 3.8) is 0 Å². The summed E-state index contributed by atoms with van der Waals surface area (Å²) in [6.45, 7) is 1.11. The molecule has 4 aliphatic rings. The summed E-state index contributed by atoms with van der Waals surface area (Å²) < 4.78 is 7.96. The summed E-state index contributed by atoms with van der Waals surface area (Å²) in [4.78, 5) is 14.6. The summed E-state index contributed by atoms with van der Waals surface area (Å²) in [5.41, 5.74) is 2.95. The predicted molar refractivity (Wildman–Crippen MR) is 94.9 cm³/mol. The van der Waals surface area contributed by atoms with Crippen molar-refractivity contribution in [2.75, 3.05) is 6.54 Å². The standard InChI is InChI=1S/C18H15Br2NO2/c19-11-5-10(6-12(20)7-11)13-8-16-18(14(13)9-17(22)23-18)15-3-1-2-4-21(15)16/h5-9,15-16H,1-4H2/t15-,16-,18?/m1/s1. The number of carbonyl (C=O) groups is 1. The van der Waals surface area contributed by atoms with E-state index >= 15 is 0 Å². The SMILES string of the molecule is O=C1C=C2C(c3cc(Br)cc(Br)c3)=C[C@H]3N4CCCC[C@@H]4C23O1. The zero-order chi connectivity index (χ0) is 15.8. The second-order valence-corrected chi connectivity index (χ2v) is 8.54. The Hall–Kier alpha value is -0.910. The number of carbonyl (C=O) groups excluding carboxylic acids is 1. The lowest BCUT2D eigenvalue weighted by molar-refractivity contribution is -0.194. The van der Waals surface area contributed by atoms with Crippen LogP contribution in [0, 0.1) is 0 Å². The maximum absolute atomic E-state index is 12.1. The van der Waals surface area contributed by atoms with E-state index in [1.807, 2.05) is 6.07 Å². The molecule has 0 saturated carbocycles. The summed E-state index contributed by atoms with van der Waals surface area (Å²) >= 11 is 7.13. The Balaban J connectivity index is 1.65. The first kappa shape index (κ1) is 14.4. The molecule has 0 aromatic heterocycles. The lowest BCUT2D eigenvalue weighted by Gasteiger charge is -2.60. The van der Waals surface area contributed by atoms with Crippen LogP contribution in [-0.2, 0) is 9.53 Å². The molecule has 3 aliphatic heterocycles. The molecule has 2 fully saturated rings. The number of hydrogen-bond acceptors (Lipinski definition) is 3. The zero-order valence-electron chi connectivity index (χ0n) is 12.4. The van der Waals surface area contributed by atoms with Crippen LogP contribution >= 0.6 is 31.9 Å². The van der Waals surface area contributed by atoms with E-state index in [0.717, 1.165) is 38.6 Å². The van der Waals surface area contributed by atoms with Crippen molar-refractivity contribution in [2.24, 2.45) is 0 Å². The molecule has 5 rings (SSSR count). The van der Waals surface area contributed by atoms with Gasteiger partial charge in [0.1, 0.15) is 0 Å². The molecular formula is C18H15Br2NO2. The highest BCUT2D eigenvalue weighted by molar-refractivity contribution is 9.11.